The topological polar surface area (TPSA) is 0 Å². The second-order valence-corrected chi connectivity index (χ2v) is 21.8. The molecule has 0 bridgehead atoms. The molecule has 0 heterocycles. The summed E-state index contributed by atoms with van der Waals surface area (Å²) in [4.78, 5) is 0. The quantitative estimate of drug-likeness (QED) is 0.150. The van der Waals surface area contributed by atoms with Gasteiger partial charge in [-0.05, 0) is 178 Å². The van der Waals surface area contributed by atoms with Crippen molar-refractivity contribution in [1.29, 1.82) is 0 Å². The Labute approximate surface area is 335 Å². The van der Waals surface area contributed by atoms with E-state index in [2.05, 4.69) is 108 Å². The van der Waals surface area contributed by atoms with Crippen molar-refractivity contribution in [3.63, 3.8) is 0 Å². The Hall–Kier alpha value is 0.867. The first-order chi connectivity index (χ1) is 21.1. The molecular formula is C42H44Fe2Si2Ti+6. The van der Waals surface area contributed by atoms with Crippen LogP contribution in [0.1, 0.15) is 0 Å². The van der Waals surface area contributed by atoms with Gasteiger partial charge in [-0.1, -0.05) is 39.3 Å². The van der Waals surface area contributed by atoms with Crippen LogP contribution in [0.2, 0.25) is 39.3 Å². The van der Waals surface area contributed by atoms with Crippen LogP contribution in [-0.4, -0.2) is 16.1 Å². The SMILES string of the molecule is C[Si](C)(C)[C]1[CH][CH][CH][CH]1.C[Si](C)(C)[C]1[CH][CH][CH][CH]1.[C-]#CC#C[C]1[CH][CH][CH][CH]1.[C-]#C[C]1[CH][CH][CH][CH]1.[CH]1[CH][CH][CH][CH]1.[CH]1[CH][CH][CH][CH]1.[Fe+2].[Fe+2].[Ti+4]. The van der Waals surface area contributed by atoms with Gasteiger partial charge in [0.25, 0.3) is 0 Å². The fraction of sp³-hybridized carbons (Fsp3) is 0.143. The van der Waals surface area contributed by atoms with E-state index in [1.54, 1.807) is 11.1 Å². The normalized spacial score (nSPS) is 20.7. The van der Waals surface area contributed by atoms with Crippen molar-refractivity contribution >= 4 is 16.1 Å². The van der Waals surface area contributed by atoms with Crippen molar-refractivity contribution in [3.05, 3.63) is 203 Å². The van der Waals surface area contributed by atoms with Gasteiger partial charge in [-0.3, -0.25) is 11.8 Å². The van der Waals surface area contributed by atoms with Crippen molar-refractivity contribution in [2.45, 2.75) is 39.3 Å². The number of rotatable bonds is 2. The molecule has 0 N–H and O–H groups in total. The Balaban J connectivity index is -0.000000494. The Bertz CT molecular complexity index is 768. The summed E-state index contributed by atoms with van der Waals surface area (Å²) in [5, 5.41) is 0. The molecule has 0 spiro atoms. The van der Waals surface area contributed by atoms with Crippen molar-refractivity contribution < 1.29 is 55.9 Å². The molecule has 6 rings (SSSR count). The summed E-state index contributed by atoms with van der Waals surface area (Å²) in [6.45, 7) is 14.2. The summed E-state index contributed by atoms with van der Waals surface area (Å²) in [7, 11) is -1.96. The zero-order valence-corrected chi connectivity index (χ0v) is 34.0. The van der Waals surface area contributed by atoms with Crippen LogP contribution in [0.25, 0.3) is 0 Å². The molecule has 30 radical (unpaired) electrons. The molecule has 0 saturated heterocycles. The predicted octanol–water partition coefficient (Wildman–Crippen LogP) is 8.54. The van der Waals surface area contributed by atoms with Gasteiger partial charge in [0.05, 0.1) is 16.1 Å². The average molecular weight is 765 g/mol. The zero-order valence-electron chi connectivity index (χ0n) is 28.2. The monoisotopic (exact) mass is 764 g/mol. The maximum absolute atomic E-state index is 6.61. The fourth-order valence-electron chi connectivity index (χ4n) is 3.41. The van der Waals surface area contributed by atoms with E-state index in [-0.39, 0.29) is 55.9 Å². The summed E-state index contributed by atoms with van der Waals surface area (Å²) in [6, 6.07) is 0. The molecule has 0 unspecified atom stereocenters. The van der Waals surface area contributed by atoms with Gasteiger partial charge in [0, 0.05) is 11.8 Å². The van der Waals surface area contributed by atoms with Crippen LogP contribution < -0.4 is 0 Å². The fourth-order valence-corrected chi connectivity index (χ4v) is 5.79. The summed E-state index contributed by atoms with van der Waals surface area (Å²) >= 11 is 0. The first-order valence-corrected chi connectivity index (χ1v) is 21.6. The van der Waals surface area contributed by atoms with E-state index in [0.717, 1.165) is 11.8 Å². The van der Waals surface area contributed by atoms with Crippen molar-refractivity contribution in [3.8, 4) is 23.7 Å². The van der Waals surface area contributed by atoms with E-state index in [1.165, 1.54) is 0 Å². The van der Waals surface area contributed by atoms with E-state index in [9.17, 15) is 0 Å². The molecule has 0 aliphatic heterocycles. The smallest absolute Gasteiger partial charge is 0.693 e. The van der Waals surface area contributed by atoms with Crippen LogP contribution >= 0.6 is 0 Å². The molecule has 0 aromatic rings. The molecule has 47 heavy (non-hydrogen) atoms. The molecule has 6 saturated carbocycles. The zero-order chi connectivity index (χ0) is 32.5. The third-order valence-electron chi connectivity index (χ3n) is 5.91. The van der Waals surface area contributed by atoms with Crippen LogP contribution in [0.5, 0.6) is 0 Å². The molecular weight excluding hydrogens is 720 g/mol. The molecule has 0 amide bonds. The van der Waals surface area contributed by atoms with Crippen molar-refractivity contribution in [1.82, 2.24) is 0 Å². The van der Waals surface area contributed by atoms with Gasteiger partial charge in [-0.2, -0.15) is 5.92 Å². The minimum Gasteiger partial charge on any atom is -0.693 e. The Morgan fingerprint density at radius 2 is 0.660 bits per heavy atom. The third-order valence-corrected chi connectivity index (χ3v) is 10.0. The first kappa shape index (κ1) is 52.2. The Morgan fingerprint density at radius 3 is 0.851 bits per heavy atom. The minimum atomic E-state index is -0.981. The predicted molar refractivity (Wildman–Crippen MR) is 194 cm³/mol. The van der Waals surface area contributed by atoms with Gasteiger partial charge in [0.1, 0.15) is 0 Å². The van der Waals surface area contributed by atoms with Crippen LogP contribution in [0.3, 0.4) is 0 Å². The second-order valence-electron chi connectivity index (χ2n) is 11.6. The van der Waals surface area contributed by atoms with Crippen LogP contribution in [0.15, 0.2) is 0 Å². The van der Waals surface area contributed by atoms with Gasteiger partial charge in [-0.25, -0.2) is 0 Å². The summed E-state index contributed by atoms with van der Waals surface area (Å²) in [6.07, 6.45) is 65.5. The average Bonchev–Trinajstić information content (AvgIpc) is 3.87. The molecule has 0 aromatic carbocycles. The summed E-state index contributed by atoms with van der Waals surface area (Å²) in [5.41, 5.74) is 3.12. The van der Waals surface area contributed by atoms with Crippen molar-refractivity contribution in [2.24, 2.45) is 0 Å². The van der Waals surface area contributed by atoms with Gasteiger partial charge in [-0.15, -0.1) is 0 Å². The molecule has 6 fully saturated rings. The van der Waals surface area contributed by atoms with Crippen LogP contribution in [0, 0.1) is 226 Å². The van der Waals surface area contributed by atoms with Crippen LogP contribution in [-0.2, 0) is 55.9 Å². The largest absolute Gasteiger partial charge is 4.00 e. The molecule has 0 atom stereocenters. The molecule has 6 aliphatic carbocycles. The minimum absolute atomic E-state index is 0. The third kappa shape index (κ3) is 29.2. The summed E-state index contributed by atoms with van der Waals surface area (Å²) in [5.74, 6) is 11.2. The van der Waals surface area contributed by atoms with E-state index in [1.807, 2.05) is 121 Å². The van der Waals surface area contributed by atoms with Gasteiger partial charge in [0.15, 0.2) is 0 Å². The number of hydrogen-bond acceptors (Lipinski definition) is 0. The Morgan fingerprint density at radius 1 is 0.404 bits per heavy atom. The van der Waals surface area contributed by atoms with Gasteiger partial charge < -0.3 is 18.8 Å². The van der Waals surface area contributed by atoms with Gasteiger partial charge >= 0.3 is 55.9 Å². The summed E-state index contributed by atoms with van der Waals surface area (Å²) < 4.78 is 0. The maximum Gasteiger partial charge on any atom is 4.00 e. The maximum atomic E-state index is 6.61. The number of hydrogen-bond donors (Lipinski definition) is 0. The van der Waals surface area contributed by atoms with E-state index >= 15 is 0 Å². The van der Waals surface area contributed by atoms with Gasteiger partial charge in [0.2, 0.25) is 0 Å². The van der Waals surface area contributed by atoms with E-state index in [0.29, 0.717) is 0 Å². The molecule has 234 valence electrons. The second kappa shape index (κ2) is 32.8. The molecule has 5 heteroatoms. The Kier molecular flexibility index (Phi) is 36.4. The first-order valence-electron chi connectivity index (χ1n) is 14.6. The van der Waals surface area contributed by atoms with E-state index < -0.39 is 16.1 Å². The molecule has 0 aromatic heterocycles. The molecule has 0 nitrogen and oxygen atoms in total. The molecule has 6 aliphatic rings. The van der Waals surface area contributed by atoms with E-state index in [4.69, 9.17) is 12.8 Å². The van der Waals surface area contributed by atoms with Crippen LogP contribution in [0.4, 0.5) is 0 Å². The van der Waals surface area contributed by atoms with Crippen molar-refractivity contribution in [2.75, 3.05) is 0 Å². The standard InChI is InChI=1S/C9H4.2C8H13Si.C7H4.2C5H5.2Fe.Ti/c1-2-3-6-9-7-4-5-8-9;2*1-9(2,3)8-6-4-5-7-8;1-2-7-5-3-4-6-7;2*1-2-4-5-3-1;;;/h4-5,7-8H;2*4-7H,1-3H3;3-6H;2*1-5H;;;/q-1;;;-1;;;2*+2;+4.